The van der Waals surface area contributed by atoms with Crippen molar-refractivity contribution in [2.75, 3.05) is 13.1 Å². The predicted molar refractivity (Wildman–Crippen MR) is 99.6 cm³/mol. The zero-order valence-electron chi connectivity index (χ0n) is 16.1. The SMILES string of the molecule is CC(C)c1cc(C(=O)N2CCC[C@H](c3cc4nc(C(F)(F)F)ccc4[nH]3)C2)on1. The Bertz CT molecular complexity index is 1040. The van der Waals surface area contributed by atoms with Gasteiger partial charge in [0.05, 0.1) is 16.7 Å². The second-order valence-electron chi connectivity index (χ2n) is 7.71. The Morgan fingerprint density at radius 2 is 2.10 bits per heavy atom. The van der Waals surface area contributed by atoms with E-state index in [4.69, 9.17) is 4.52 Å². The van der Waals surface area contributed by atoms with Gasteiger partial charge in [-0.2, -0.15) is 13.2 Å². The van der Waals surface area contributed by atoms with Crippen molar-refractivity contribution in [3.05, 3.63) is 47.1 Å². The van der Waals surface area contributed by atoms with Crippen LogP contribution in [0.15, 0.2) is 28.8 Å². The van der Waals surface area contributed by atoms with Crippen LogP contribution in [0.3, 0.4) is 0 Å². The molecular formula is C20H21F3N4O2. The second kappa shape index (κ2) is 7.20. The third-order valence-electron chi connectivity index (χ3n) is 5.27. The summed E-state index contributed by atoms with van der Waals surface area (Å²) in [5, 5.41) is 3.94. The van der Waals surface area contributed by atoms with Crippen LogP contribution < -0.4 is 0 Å². The van der Waals surface area contributed by atoms with Crippen molar-refractivity contribution < 1.29 is 22.5 Å². The predicted octanol–water partition coefficient (Wildman–Crippen LogP) is 4.71. The van der Waals surface area contributed by atoms with Crippen molar-refractivity contribution >= 4 is 16.9 Å². The first-order valence-corrected chi connectivity index (χ1v) is 9.55. The van der Waals surface area contributed by atoms with Crippen LogP contribution in [0.25, 0.3) is 11.0 Å². The summed E-state index contributed by atoms with van der Waals surface area (Å²) in [4.78, 5) is 21.4. The topological polar surface area (TPSA) is 75.0 Å². The van der Waals surface area contributed by atoms with Gasteiger partial charge in [-0.15, -0.1) is 0 Å². The van der Waals surface area contributed by atoms with Crippen LogP contribution in [0, 0.1) is 0 Å². The second-order valence-corrected chi connectivity index (χ2v) is 7.71. The normalized spacial score (nSPS) is 18.0. The van der Waals surface area contributed by atoms with E-state index in [1.165, 1.54) is 6.07 Å². The van der Waals surface area contributed by atoms with Crippen molar-refractivity contribution in [3.63, 3.8) is 0 Å². The van der Waals surface area contributed by atoms with E-state index in [-0.39, 0.29) is 29.0 Å². The fourth-order valence-electron chi connectivity index (χ4n) is 3.64. The van der Waals surface area contributed by atoms with Crippen LogP contribution in [0.4, 0.5) is 13.2 Å². The highest BCUT2D eigenvalue weighted by molar-refractivity contribution is 5.91. The zero-order valence-corrected chi connectivity index (χ0v) is 16.1. The molecule has 0 saturated carbocycles. The molecular weight excluding hydrogens is 385 g/mol. The van der Waals surface area contributed by atoms with E-state index in [9.17, 15) is 18.0 Å². The molecule has 1 fully saturated rings. The van der Waals surface area contributed by atoms with Crippen molar-refractivity contribution in [1.29, 1.82) is 0 Å². The summed E-state index contributed by atoms with van der Waals surface area (Å²) in [5.41, 5.74) is 1.42. The lowest BCUT2D eigenvalue weighted by Gasteiger charge is -2.31. The first kappa shape index (κ1) is 19.5. The number of amides is 1. The van der Waals surface area contributed by atoms with E-state index in [1.54, 1.807) is 17.0 Å². The Morgan fingerprint density at radius 1 is 1.31 bits per heavy atom. The number of nitrogens with zero attached hydrogens (tertiary/aromatic N) is 3. The number of alkyl halides is 3. The zero-order chi connectivity index (χ0) is 20.8. The van der Waals surface area contributed by atoms with Crippen LogP contribution in [0.2, 0.25) is 0 Å². The summed E-state index contributed by atoms with van der Waals surface area (Å²) in [5.74, 6) is 0.142. The highest BCUT2D eigenvalue weighted by atomic mass is 19.4. The maximum absolute atomic E-state index is 12.9. The first-order chi connectivity index (χ1) is 13.7. The number of likely N-dealkylation sites (tertiary alicyclic amines) is 1. The lowest BCUT2D eigenvalue weighted by Crippen LogP contribution is -2.39. The van der Waals surface area contributed by atoms with Gasteiger partial charge in [-0.3, -0.25) is 4.79 Å². The van der Waals surface area contributed by atoms with Crippen molar-refractivity contribution in [2.45, 2.75) is 44.7 Å². The van der Waals surface area contributed by atoms with E-state index in [0.717, 1.165) is 30.3 Å². The summed E-state index contributed by atoms with van der Waals surface area (Å²) in [6, 6.07) is 5.68. The number of rotatable bonds is 3. The van der Waals surface area contributed by atoms with Gasteiger partial charge < -0.3 is 14.4 Å². The van der Waals surface area contributed by atoms with E-state index in [0.29, 0.717) is 18.6 Å². The van der Waals surface area contributed by atoms with E-state index in [2.05, 4.69) is 15.1 Å². The van der Waals surface area contributed by atoms with Gasteiger partial charge in [-0.1, -0.05) is 19.0 Å². The molecule has 1 aliphatic heterocycles. The molecule has 1 N–H and O–H groups in total. The van der Waals surface area contributed by atoms with Gasteiger partial charge in [0, 0.05) is 30.8 Å². The Morgan fingerprint density at radius 3 is 2.79 bits per heavy atom. The number of halogens is 3. The number of aromatic amines is 1. The summed E-state index contributed by atoms with van der Waals surface area (Å²) >= 11 is 0. The number of piperidine rings is 1. The van der Waals surface area contributed by atoms with Crippen molar-refractivity contribution in [3.8, 4) is 0 Å². The molecule has 9 heteroatoms. The Balaban J connectivity index is 1.54. The minimum absolute atomic E-state index is 0.0104. The monoisotopic (exact) mass is 406 g/mol. The number of hydrogen-bond donors (Lipinski definition) is 1. The molecule has 1 saturated heterocycles. The van der Waals surface area contributed by atoms with Gasteiger partial charge >= 0.3 is 6.18 Å². The summed E-state index contributed by atoms with van der Waals surface area (Å²) in [6.45, 7) is 4.99. The maximum Gasteiger partial charge on any atom is 0.433 e. The quantitative estimate of drug-likeness (QED) is 0.683. The molecule has 6 nitrogen and oxygen atoms in total. The standard InChI is InChI=1S/C20H21F3N4O2/c1-11(2)14-9-17(29-26-14)19(28)27-7-3-4-12(10-27)15-8-16-13(24-15)5-6-18(25-16)20(21,22)23/h5-6,8-9,11-12,24H,3-4,7,10H2,1-2H3/t12-/m0/s1. The summed E-state index contributed by atoms with van der Waals surface area (Å²) in [6.07, 6.45) is -2.86. The highest BCUT2D eigenvalue weighted by Crippen LogP contribution is 2.32. The average Bonchev–Trinajstić information content (AvgIpc) is 3.33. The third kappa shape index (κ3) is 3.86. The van der Waals surface area contributed by atoms with Gasteiger partial charge in [-0.05, 0) is 37.0 Å². The molecule has 1 atom stereocenters. The molecule has 0 radical (unpaired) electrons. The molecule has 4 rings (SSSR count). The van der Waals surface area contributed by atoms with Crippen LogP contribution in [0.5, 0.6) is 0 Å². The fourth-order valence-corrected chi connectivity index (χ4v) is 3.64. The number of hydrogen-bond acceptors (Lipinski definition) is 4. The fraction of sp³-hybridized carbons (Fsp3) is 0.450. The molecule has 0 spiro atoms. The molecule has 1 aliphatic rings. The molecule has 3 aromatic rings. The van der Waals surface area contributed by atoms with Crippen LogP contribution in [-0.4, -0.2) is 39.0 Å². The molecule has 29 heavy (non-hydrogen) atoms. The van der Waals surface area contributed by atoms with Gasteiger partial charge in [0.1, 0.15) is 5.69 Å². The van der Waals surface area contributed by atoms with Crippen molar-refractivity contribution in [1.82, 2.24) is 20.0 Å². The Hall–Kier alpha value is -2.84. The third-order valence-corrected chi connectivity index (χ3v) is 5.27. The van der Waals surface area contributed by atoms with Crippen LogP contribution in [-0.2, 0) is 6.18 Å². The summed E-state index contributed by atoms with van der Waals surface area (Å²) < 4.78 is 43.9. The average molecular weight is 406 g/mol. The largest absolute Gasteiger partial charge is 0.433 e. The Labute approximate surface area is 165 Å². The van der Waals surface area contributed by atoms with Crippen LogP contribution in [0.1, 0.15) is 66.2 Å². The molecule has 3 aromatic heterocycles. The van der Waals surface area contributed by atoms with E-state index in [1.807, 2.05) is 13.8 Å². The molecule has 0 aliphatic carbocycles. The Kier molecular flexibility index (Phi) is 4.84. The van der Waals surface area contributed by atoms with Crippen molar-refractivity contribution in [2.24, 2.45) is 0 Å². The smallest absolute Gasteiger partial charge is 0.357 e. The molecule has 154 valence electrons. The number of pyridine rings is 1. The lowest BCUT2D eigenvalue weighted by atomic mass is 9.94. The molecule has 0 bridgehead atoms. The number of carbonyl (C=O) groups excluding carboxylic acids is 1. The van der Waals surface area contributed by atoms with Gasteiger partial charge in [-0.25, -0.2) is 4.98 Å². The minimum Gasteiger partial charge on any atom is -0.357 e. The molecule has 0 unspecified atom stereocenters. The minimum atomic E-state index is -4.48. The number of aromatic nitrogens is 3. The first-order valence-electron chi connectivity index (χ1n) is 9.55. The van der Waals surface area contributed by atoms with Gasteiger partial charge in [0.15, 0.2) is 0 Å². The highest BCUT2D eigenvalue weighted by Gasteiger charge is 2.33. The van der Waals surface area contributed by atoms with E-state index >= 15 is 0 Å². The molecule has 4 heterocycles. The van der Waals surface area contributed by atoms with Gasteiger partial charge in [0.2, 0.25) is 5.76 Å². The number of carbonyl (C=O) groups is 1. The molecule has 0 aromatic carbocycles. The number of fused-ring (bicyclic) bond motifs is 1. The lowest BCUT2D eigenvalue weighted by molar-refractivity contribution is -0.140. The number of H-pyrrole nitrogens is 1. The van der Waals surface area contributed by atoms with Gasteiger partial charge in [0.25, 0.3) is 5.91 Å². The van der Waals surface area contributed by atoms with Crippen LogP contribution >= 0.6 is 0 Å². The molecule has 1 amide bonds. The number of nitrogens with one attached hydrogen (secondary N) is 1. The maximum atomic E-state index is 12.9. The van der Waals surface area contributed by atoms with E-state index < -0.39 is 11.9 Å². The summed E-state index contributed by atoms with van der Waals surface area (Å²) in [7, 11) is 0.